The molecule has 3 aromatic rings. The van der Waals surface area contributed by atoms with Crippen molar-refractivity contribution >= 4 is 17.1 Å². The van der Waals surface area contributed by atoms with Crippen molar-refractivity contribution in [1.29, 1.82) is 5.26 Å². The molecule has 11 nitrogen and oxygen atoms in total. The predicted octanol–water partition coefficient (Wildman–Crippen LogP) is 3.61. The van der Waals surface area contributed by atoms with Gasteiger partial charge >= 0.3 is 0 Å². The van der Waals surface area contributed by atoms with Crippen molar-refractivity contribution in [3.8, 4) is 17.5 Å². The molecule has 3 N–H and O–H groups in total. The molecule has 1 fully saturated rings. The predicted molar refractivity (Wildman–Crippen MR) is 131 cm³/mol. The molecule has 0 bridgehead atoms. The standard InChI is InChI=1S/C24H26FN9O2/c1-24(2,36)22(25)13-29-23(35)18-12-28-20(8-19(18)32-16-5-14(6-16)10-30-33-27)21-4-3-17-7-15(9-26)11-31-34(17)21/h3-4,7-8,11-12,14,16,22,36H,5-6,10,13H2,1-2H3,(H,28,32)(H,29,35)/t14?,16?,22-/m1/s1. The van der Waals surface area contributed by atoms with Crippen LogP contribution in [0.2, 0.25) is 0 Å². The summed E-state index contributed by atoms with van der Waals surface area (Å²) in [7, 11) is 0. The number of carbonyl (C=O) groups is 1. The van der Waals surface area contributed by atoms with E-state index >= 15 is 0 Å². The second kappa shape index (κ2) is 10.2. The average Bonchev–Trinajstić information content (AvgIpc) is 3.26. The van der Waals surface area contributed by atoms with Crippen LogP contribution < -0.4 is 10.6 Å². The molecule has 4 rings (SSSR count). The second-order valence-corrected chi connectivity index (χ2v) is 9.45. The number of carbonyl (C=O) groups excluding carboxylic acids is 1. The van der Waals surface area contributed by atoms with Crippen LogP contribution >= 0.6 is 0 Å². The van der Waals surface area contributed by atoms with Gasteiger partial charge in [0.2, 0.25) is 0 Å². The number of halogens is 1. The number of alkyl halides is 1. The number of nitriles is 1. The number of anilines is 1. The van der Waals surface area contributed by atoms with Gasteiger partial charge in [0, 0.05) is 23.7 Å². The first-order valence-electron chi connectivity index (χ1n) is 11.5. The van der Waals surface area contributed by atoms with Gasteiger partial charge in [0.1, 0.15) is 12.2 Å². The Morgan fingerprint density at radius 2 is 2.19 bits per heavy atom. The number of aliphatic hydroxyl groups is 1. The fourth-order valence-corrected chi connectivity index (χ4v) is 4.05. The highest BCUT2D eigenvalue weighted by molar-refractivity contribution is 6.00. The summed E-state index contributed by atoms with van der Waals surface area (Å²) >= 11 is 0. The molecule has 1 aliphatic carbocycles. The highest BCUT2D eigenvalue weighted by atomic mass is 19.1. The summed E-state index contributed by atoms with van der Waals surface area (Å²) in [6.07, 6.45) is 2.79. The highest BCUT2D eigenvalue weighted by Crippen LogP contribution is 2.33. The van der Waals surface area contributed by atoms with Crippen molar-refractivity contribution < 1.29 is 14.3 Å². The zero-order valence-electron chi connectivity index (χ0n) is 19.9. The second-order valence-electron chi connectivity index (χ2n) is 9.45. The molecule has 186 valence electrons. The van der Waals surface area contributed by atoms with Gasteiger partial charge in [-0.25, -0.2) is 8.91 Å². The minimum absolute atomic E-state index is 0.0661. The third-order valence-corrected chi connectivity index (χ3v) is 6.25. The average molecular weight is 492 g/mol. The van der Waals surface area contributed by atoms with E-state index in [2.05, 4.69) is 36.8 Å². The summed E-state index contributed by atoms with van der Waals surface area (Å²) in [4.78, 5) is 20.2. The molecule has 1 atom stereocenters. The summed E-state index contributed by atoms with van der Waals surface area (Å²) in [5, 5.41) is 32.8. The van der Waals surface area contributed by atoms with E-state index in [9.17, 15) is 14.3 Å². The Balaban J connectivity index is 1.61. The Morgan fingerprint density at radius 1 is 1.42 bits per heavy atom. The van der Waals surface area contributed by atoms with Gasteiger partial charge in [-0.3, -0.25) is 9.78 Å². The van der Waals surface area contributed by atoms with Crippen LogP contribution in [0.25, 0.3) is 27.3 Å². The first kappa shape index (κ1) is 24.9. The van der Waals surface area contributed by atoms with Crippen LogP contribution in [-0.2, 0) is 0 Å². The molecule has 1 amide bonds. The third-order valence-electron chi connectivity index (χ3n) is 6.25. The molecule has 0 aromatic carbocycles. The van der Waals surface area contributed by atoms with Crippen LogP contribution in [-0.4, -0.2) is 56.5 Å². The van der Waals surface area contributed by atoms with Crippen molar-refractivity contribution in [2.24, 2.45) is 11.0 Å². The maximum absolute atomic E-state index is 14.2. The third kappa shape index (κ3) is 5.38. The molecule has 12 heteroatoms. The number of pyridine rings is 1. The minimum atomic E-state index is -1.64. The number of hydrogen-bond donors (Lipinski definition) is 3. The van der Waals surface area contributed by atoms with Crippen LogP contribution in [0.15, 0.2) is 41.8 Å². The minimum Gasteiger partial charge on any atom is -0.387 e. The lowest BCUT2D eigenvalue weighted by molar-refractivity contribution is -0.00177. The molecule has 0 aliphatic heterocycles. The Morgan fingerprint density at radius 3 is 2.89 bits per heavy atom. The van der Waals surface area contributed by atoms with Crippen LogP contribution in [0.3, 0.4) is 0 Å². The lowest BCUT2D eigenvalue weighted by atomic mass is 9.80. The molecule has 0 spiro atoms. The fraction of sp³-hybridized carbons (Fsp3) is 0.417. The number of azide groups is 1. The molecular weight excluding hydrogens is 465 g/mol. The molecule has 0 unspecified atom stereocenters. The Bertz CT molecular complexity index is 1360. The number of rotatable bonds is 9. The Kier molecular flexibility index (Phi) is 7.05. The maximum atomic E-state index is 14.2. The van der Waals surface area contributed by atoms with Gasteiger partial charge in [0.05, 0.1) is 52.1 Å². The molecule has 0 radical (unpaired) electrons. The lowest BCUT2D eigenvalue weighted by Crippen LogP contribution is -2.42. The zero-order valence-corrected chi connectivity index (χ0v) is 19.9. The van der Waals surface area contributed by atoms with E-state index in [1.807, 2.05) is 12.1 Å². The van der Waals surface area contributed by atoms with E-state index in [4.69, 9.17) is 10.8 Å². The molecule has 36 heavy (non-hydrogen) atoms. The number of aromatic nitrogens is 3. The topological polar surface area (TPSA) is 164 Å². The van der Waals surface area contributed by atoms with Crippen molar-refractivity contribution in [3.05, 3.63) is 58.2 Å². The van der Waals surface area contributed by atoms with Crippen LogP contribution in [0.5, 0.6) is 0 Å². The van der Waals surface area contributed by atoms with Crippen LogP contribution in [0.4, 0.5) is 10.1 Å². The van der Waals surface area contributed by atoms with E-state index in [0.717, 1.165) is 18.4 Å². The van der Waals surface area contributed by atoms with Crippen molar-refractivity contribution in [1.82, 2.24) is 19.9 Å². The summed E-state index contributed by atoms with van der Waals surface area (Å²) in [5.41, 5.74) is 10.1. The van der Waals surface area contributed by atoms with Gasteiger partial charge < -0.3 is 15.7 Å². The van der Waals surface area contributed by atoms with Crippen molar-refractivity contribution in [2.45, 2.75) is 44.5 Å². The highest BCUT2D eigenvalue weighted by Gasteiger charge is 2.30. The summed E-state index contributed by atoms with van der Waals surface area (Å²) < 4.78 is 15.9. The van der Waals surface area contributed by atoms with Crippen LogP contribution in [0, 0.1) is 17.2 Å². The molecule has 0 saturated heterocycles. The molecule has 1 aliphatic rings. The maximum Gasteiger partial charge on any atom is 0.255 e. The molecular formula is C24H26FN9O2. The number of fused-ring (bicyclic) bond motifs is 1. The largest absolute Gasteiger partial charge is 0.387 e. The monoisotopic (exact) mass is 491 g/mol. The number of amides is 1. The number of nitrogens with one attached hydrogen (secondary N) is 2. The van der Waals surface area contributed by atoms with Crippen LogP contribution in [0.1, 0.15) is 42.6 Å². The molecule has 3 heterocycles. The zero-order chi connectivity index (χ0) is 25.9. The van der Waals surface area contributed by atoms with E-state index < -0.39 is 17.7 Å². The van der Waals surface area contributed by atoms with Gasteiger partial charge in [-0.05, 0) is 62.4 Å². The van der Waals surface area contributed by atoms with E-state index in [-0.39, 0.29) is 24.1 Å². The van der Waals surface area contributed by atoms with Gasteiger partial charge in [-0.1, -0.05) is 5.11 Å². The Hall–Kier alpha value is -4.20. The fourth-order valence-electron chi connectivity index (χ4n) is 4.05. The van der Waals surface area contributed by atoms with Gasteiger partial charge in [0.15, 0.2) is 0 Å². The SMILES string of the molecule is CC(C)(O)[C@H](F)CNC(=O)c1cnc(-c2ccc3cc(C#N)cnn23)cc1NC1CC(CN=[N+]=[N-])C1. The van der Waals surface area contributed by atoms with Gasteiger partial charge in [-0.15, -0.1) is 0 Å². The normalized spacial score (nSPS) is 18.0. The number of nitrogens with zero attached hydrogens (tertiary/aromatic N) is 7. The van der Waals surface area contributed by atoms with E-state index in [0.29, 0.717) is 29.2 Å². The van der Waals surface area contributed by atoms with Crippen molar-refractivity contribution in [3.63, 3.8) is 0 Å². The van der Waals surface area contributed by atoms with Gasteiger partial charge in [0.25, 0.3) is 5.91 Å². The van der Waals surface area contributed by atoms with E-state index in [1.54, 1.807) is 16.6 Å². The smallest absolute Gasteiger partial charge is 0.255 e. The first-order chi connectivity index (χ1) is 17.2. The summed E-state index contributed by atoms with van der Waals surface area (Å²) in [5.74, 6) is -0.255. The summed E-state index contributed by atoms with van der Waals surface area (Å²) in [6.45, 7) is 2.75. The van der Waals surface area contributed by atoms with Crippen molar-refractivity contribution in [2.75, 3.05) is 18.4 Å². The summed E-state index contributed by atoms with van der Waals surface area (Å²) in [6, 6.07) is 9.23. The van der Waals surface area contributed by atoms with E-state index in [1.165, 1.54) is 26.2 Å². The van der Waals surface area contributed by atoms with Gasteiger partial charge in [-0.2, -0.15) is 10.4 Å². The number of hydrogen-bond acceptors (Lipinski definition) is 7. The molecule has 3 aromatic heterocycles. The Labute approximate surface area is 206 Å². The first-order valence-corrected chi connectivity index (χ1v) is 11.5. The lowest BCUT2D eigenvalue weighted by Gasteiger charge is -2.36. The molecule has 1 saturated carbocycles. The quantitative estimate of drug-likeness (QED) is 0.235.